The Morgan fingerprint density at radius 3 is 2.30 bits per heavy atom. The molecular weight excluding hydrogens is 338 g/mol. The molecule has 4 heteroatoms. The van der Waals surface area contributed by atoms with Crippen LogP contribution in [0.1, 0.15) is 41.6 Å². The maximum Gasteiger partial charge on any atom is 0.223 e. The number of benzene rings is 2. The minimum atomic E-state index is 0.0366. The molecule has 1 amide bonds. The number of carbonyl (C=O) groups is 2. The fourth-order valence-corrected chi connectivity index (χ4v) is 3.34. The van der Waals surface area contributed by atoms with Crippen molar-refractivity contribution in [3.8, 4) is 5.75 Å². The summed E-state index contributed by atoms with van der Waals surface area (Å²) in [4.78, 5) is 26.5. The van der Waals surface area contributed by atoms with Crippen LogP contribution < -0.4 is 4.74 Å². The van der Waals surface area contributed by atoms with Gasteiger partial charge in [0.05, 0.1) is 6.61 Å². The number of ketones is 1. The molecule has 0 radical (unpaired) electrons. The lowest BCUT2D eigenvalue weighted by molar-refractivity contribution is -0.132. The SMILES string of the molecule is Cc1ccc(C(=O)CCC(=O)N2CCC(COc3ccccc3)CC2)cc1. The summed E-state index contributed by atoms with van der Waals surface area (Å²) in [5, 5.41) is 0. The van der Waals surface area contributed by atoms with Gasteiger partial charge in [0.15, 0.2) is 5.78 Å². The van der Waals surface area contributed by atoms with E-state index in [2.05, 4.69) is 0 Å². The number of hydrogen-bond donors (Lipinski definition) is 0. The molecule has 1 aliphatic rings. The third-order valence-electron chi connectivity index (χ3n) is 5.14. The van der Waals surface area contributed by atoms with Gasteiger partial charge in [0.25, 0.3) is 0 Å². The average molecular weight is 365 g/mol. The number of nitrogens with zero attached hydrogens (tertiary/aromatic N) is 1. The second-order valence-corrected chi connectivity index (χ2v) is 7.24. The lowest BCUT2D eigenvalue weighted by atomic mass is 9.97. The summed E-state index contributed by atoms with van der Waals surface area (Å²) in [6, 6.07) is 17.4. The monoisotopic (exact) mass is 365 g/mol. The number of ether oxygens (including phenoxy) is 1. The van der Waals surface area contributed by atoms with Gasteiger partial charge in [-0.05, 0) is 37.8 Å². The second-order valence-electron chi connectivity index (χ2n) is 7.24. The summed E-state index contributed by atoms with van der Waals surface area (Å²) in [5.74, 6) is 1.49. The number of piperidine rings is 1. The van der Waals surface area contributed by atoms with Gasteiger partial charge in [-0.15, -0.1) is 0 Å². The van der Waals surface area contributed by atoms with Crippen LogP contribution in [0.2, 0.25) is 0 Å². The molecule has 2 aromatic carbocycles. The quantitative estimate of drug-likeness (QED) is 0.688. The molecule has 142 valence electrons. The highest BCUT2D eigenvalue weighted by atomic mass is 16.5. The molecule has 1 saturated heterocycles. The van der Waals surface area contributed by atoms with Crippen molar-refractivity contribution in [3.63, 3.8) is 0 Å². The summed E-state index contributed by atoms with van der Waals surface area (Å²) < 4.78 is 5.83. The van der Waals surface area contributed by atoms with Crippen molar-refractivity contribution in [1.82, 2.24) is 4.90 Å². The van der Waals surface area contributed by atoms with E-state index in [1.807, 2.05) is 66.4 Å². The Morgan fingerprint density at radius 1 is 0.963 bits per heavy atom. The van der Waals surface area contributed by atoms with Gasteiger partial charge in [0, 0.05) is 31.5 Å². The van der Waals surface area contributed by atoms with E-state index in [4.69, 9.17) is 4.74 Å². The lowest BCUT2D eigenvalue weighted by Crippen LogP contribution is -2.39. The first-order chi connectivity index (χ1) is 13.1. The van der Waals surface area contributed by atoms with Gasteiger partial charge < -0.3 is 9.64 Å². The molecule has 0 bridgehead atoms. The molecule has 0 saturated carbocycles. The molecule has 0 aromatic heterocycles. The fourth-order valence-electron chi connectivity index (χ4n) is 3.34. The number of rotatable bonds is 7. The zero-order valence-electron chi connectivity index (χ0n) is 15.9. The molecule has 0 unspecified atom stereocenters. The number of Topliss-reactive ketones (excluding diaryl/α,β-unsaturated/α-hetero) is 1. The summed E-state index contributed by atoms with van der Waals surface area (Å²) in [7, 11) is 0. The largest absolute Gasteiger partial charge is 0.493 e. The van der Waals surface area contributed by atoms with Crippen molar-refractivity contribution in [3.05, 3.63) is 65.7 Å². The molecule has 27 heavy (non-hydrogen) atoms. The Hall–Kier alpha value is -2.62. The van der Waals surface area contributed by atoms with E-state index in [0.717, 1.165) is 37.2 Å². The normalized spacial score (nSPS) is 14.8. The van der Waals surface area contributed by atoms with Gasteiger partial charge in [0.1, 0.15) is 5.75 Å². The van der Waals surface area contributed by atoms with Crippen molar-refractivity contribution < 1.29 is 14.3 Å². The Kier molecular flexibility index (Phi) is 6.64. The first kappa shape index (κ1) is 19.2. The van der Waals surface area contributed by atoms with Crippen LogP contribution in [0.5, 0.6) is 5.75 Å². The van der Waals surface area contributed by atoms with Crippen LogP contribution >= 0.6 is 0 Å². The molecule has 1 fully saturated rings. The van der Waals surface area contributed by atoms with Gasteiger partial charge >= 0.3 is 0 Å². The zero-order chi connectivity index (χ0) is 19.1. The second kappa shape index (κ2) is 9.36. The molecule has 4 nitrogen and oxygen atoms in total. The predicted molar refractivity (Wildman–Crippen MR) is 106 cm³/mol. The van der Waals surface area contributed by atoms with Crippen LogP contribution in [0.4, 0.5) is 0 Å². The number of hydrogen-bond acceptors (Lipinski definition) is 3. The van der Waals surface area contributed by atoms with Gasteiger partial charge in [-0.1, -0.05) is 48.0 Å². The Bertz CT molecular complexity index is 747. The Morgan fingerprint density at radius 2 is 1.63 bits per heavy atom. The fraction of sp³-hybridized carbons (Fsp3) is 0.391. The minimum absolute atomic E-state index is 0.0366. The van der Waals surface area contributed by atoms with Crippen molar-refractivity contribution in [2.75, 3.05) is 19.7 Å². The minimum Gasteiger partial charge on any atom is -0.493 e. The van der Waals surface area contributed by atoms with Gasteiger partial charge in [0.2, 0.25) is 5.91 Å². The maximum atomic E-state index is 12.4. The number of aryl methyl sites for hydroxylation is 1. The van der Waals surface area contributed by atoms with Crippen LogP contribution in [0.3, 0.4) is 0 Å². The third-order valence-corrected chi connectivity index (χ3v) is 5.14. The molecule has 3 rings (SSSR count). The number of amides is 1. The topological polar surface area (TPSA) is 46.6 Å². The highest BCUT2D eigenvalue weighted by Gasteiger charge is 2.23. The molecule has 0 N–H and O–H groups in total. The van der Waals surface area contributed by atoms with E-state index in [9.17, 15) is 9.59 Å². The van der Waals surface area contributed by atoms with Gasteiger partial charge in [-0.3, -0.25) is 9.59 Å². The van der Waals surface area contributed by atoms with E-state index < -0.39 is 0 Å². The highest BCUT2D eigenvalue weighted by molar-refractivity contribution is 5.97. The van der Waals surface area contributed by atoms with E-state index in [1.54, 1.807) is 0 Å². The molecule has 1 aliphatic heterocycles. The number of likely N-dealkylation sites (tertiary alicyclic amines) is 1. The molecule has 0 aliphatic carbocycles. The number of para-hydroxylation sites is 1. The van der Waals surface area contributed by atoms with E-state index in [1.165, 1.54) is 0 Å². The Labute approximate surface area is 161 Å². The van der Waals surface area contributed by atoms with Crippen molar-refractivity contribution in [2.45, 2.75) is 32.6 Å². The Balaban J connectivity index is 1.38. The van der Waals surface area contributed by atoms with Crippen LogP contribution in [0, 0.1) is 12.8 Å². The third kappa shape index (κ3) is 5.68. The van der Waals surface area contributed by atoms with Crippen LogP contribution in [-0.4, -0.2) is 36.3 Å². The molecule has 1 heterocycles. The smallest absolute Gasteiger partial charge is 0.223 e. The standard InChI is InChI=1S/C23H27NO3/c1-18-7-9-20(10-8-18)22(25)11-12-23(26)24-15-13-19(14-16-24)17-27-21-5-3-2-4-6-21/h2-10,19H,11-17H2,1H3. The average Bonchev–Trinajstić information content (AvgIpc) is 2.72. The molecular formula is C23H27NO3. The van der Waals surface area contributed by atoms with Crippen LogP contribution in [0.25, 0.3) is 0 Å². The molecule has 0 atom stereocenters. The summed E-state index contributed by atoms with van der Waals surface area (Å²) in [6.07, 6.45) is 2.46. The van der Waals surface area contributed by atoms with Gasteiger partial charge in [-0.2, -0.15) is 0 Å². The molecule has 2 aromatic rings. The number of carbonyl (C=O) groups excluding carboxylic acids is 2. The summed E-state index contributed by atoms with van der Waals surface area (Å²) in [6.45, 7) is 4.19. The summed E-state index contributed by atoms with van der Waals surface area (Å²) in [5.41, 5.74) is 1.81. The van der Waals surface area contributed by atoms with Crippen LogP contribution in [-0.2, 0) is 4.79 Å². The van der Waals surface area contributed by atoms with Crippen molar-refractivity contribution in [1.29, 1.82) is 0 Å². The summed E-state index contributed by atoms with van der Waals surface area (Å²) >= 11 is 0. The highest BCUT2D eigenvalue weighted by Crippen LogP contribution is 2.20. The predicted octanol–water partition coefficient (Wildman–Crippen LogP) is 4.28. The van der Waals surface area contributed by atoms with Crippen LogP contribution in [0.15, 0.2) is 54.6 Å². The van der Waals surface area contributed by atoms with E-state index in [0.29, 0.717) is 18.1 Å². The van der Waals surface area contributed by atoms with E-state index in [-0.39, 0.29) is 24.5 Å². The lowest BCUT2D eigenvalue weighted by Gasteiger charge is -2.32. The maximum absolute atomic E-state index is 12.4. The van der Waals surface area contributed by atoms with E-state index >= 15 is 0 Å². The van der Waals surface area contributed by atoms with Crippen molar-refractivity contribution >= 4 is 11.7 Å². The zero-order valence-corrected chi connectivity index (χ0v) is 15.9. The van der Waals surface area contributed by atoms with Crippen molar-refractivity contribution in [2.24, 2.45) is 5.92 Å². The first-order valence-corrected chi connectivity index (χ1v) is 9.67. The molecule has 0 spiro atoms. The van der Waals surface area contributed by atoms with Gasteiger partial charge in [-0.25, -0.2) is 0 Å². The first-order valence-electron chi connectivity index (χ1n) is 9.67.